The normalized spacial score (nSPS) is 16.7. The van der Waals surface area contributed by atoms with Crippen molar-refractivity contribution in [3.05, 3.63) is 57.2 Å². The van der Waals surface area contributed by atoms with Gasteiger partial charge in [-0.3, -0.25) is 0 Å². The summed E-state index contributed by atoms with van der Waals surface area (Å²) in [6.07, 6.45) is 2.69. The van der Waals surface area contributed by atoms with E-state index in [2.05, 4.69) is 41.7 Å². The average molecular weight is 278 g/mol. The van der Waals surface area contributed by atoms with Crippen LogP contribution in [0, 0.1) is 5.92 Å². The first-order chi connectivity index (χ1) is 8.83. The Hall–Kier alpha value is -0.830. The number of rotatable bonds is 5. The number of nitrogens with one attached hydrogen (secondary N) is 1. The number of halogens is 1. The van der Waals surface area contributed by atoms with Gasteiger partial charge in [0.05, 0.1) is 4.34 Å². The summed E-state index contributed by atoms with van der Waals surface area (Å²) in [6, 6.07) is 15.3. The molecule has 1 aliphatic carbocycles. The van der Waals surface area contributed by atoms with Gasteiger partial charge in [0.25, 0.3) is 0 Å². The van der Waals surface area contributed by atoms with Gasteiger partial charge in [0.1, 0.15) is 0 Å². The molecule has 3 heteroatoms. The van der Waals surface area contributed by atoms with Crippen LogP contribution in [0.25, 0.3) is 0 Å². The molecule has 1 aliphatic rings. The molecule has 3 rings (SSSR count). The standard InChI is InChI=1S/C15H16ClNS/c16-14-9-8-13(18-14)10-17-15(12-6-7-12)11-4-2-1-3-5-11/h1-5,8-9,12,15,17H,6-7,10H2. The summed E-state index contributed by atoms with van der Waals surface area (Å²) in [5.41, 5.74) is 1.41. The second-order valence-electron chi connectivity index (χ2n) is 4.81. The molecule has 18 heavy (non-hydrogen) atoms. The molecular formula is C15H16ClNS. The molecule has 1 unspecified atom stereocenters. The van der Waals surface area contributed by atoms with Crippen LogP contribution in [0.5, 0.6) is 0 Å². The van der Waals surface area contributed by atoms with Crippen LogP contribution in [0.4, 0.5) is 0 Å². The lowest BCUT2D eigenvalue weighted by Crippen LogP contribution is -2.22. The monoisotopic (exact) mass is 277 g/mol. The molecule has 0 radical (unpaired) electrons. The molecule has 0 aliphatic heterocycles. The van der Waals surface area contributed by atoms with Gasteiger partial charge < -0.3 is 5.32 Å². The van der Waals surface area contributed by atoms with Crippen LogP contribution in [-0.4, -0.2) is 0 Å². The minimum absolute atomic E-state index is 0.493. The van der Waals surface area contributed by atoms with Gasteiger partial charge in [-0.2, -0.15) is 0 Å². The molecule has 1 fully saturated rings. The minimum Gasteiger partial charge on any atom is -0.305 e. The van der Waals surface area contributed by atoms with Gasteiger partial charge in [0.2, 0.25) is 0 Å². The molecule has 94 valence electrons. The molecule has 1 aromatic heterocycles. The van der Waals surface area contributed by atoms with E-state index < -0.39 is 0 Å². The molecule has 1 heterocycles. The Morgan fingerprint density at radius 3 is 2.56 bits per heavy atom. The van der Waals surface area contributed by atoms with Gasteiger partial charge in [0, 0.05) is 17.5 Å². The minimum atomic E-state index is 0.493. The summed E-state index contributed by atoms with van der Waals surface area (Å²) in [6.45, 7) is 0.910. The van der Waals surface area contributed by atoms with Crippen molar-refractivity contribution in [1.82, 2.24) is 5.32 Å². The summed E-state index contributed by atoms with van der Waals surface area (Å²) in [4.78, 5) is 1.31. The van der Waals surface area contributed by atoms with Crippen molar-refractivity contribution in [3.8, 4) is 0 Å². The first-order valence-corrected chi connectivity index (χ1v) is 7.55. The third-order valence-electron chi connectivity index (χ3n) is 3.38. The largest absolute Gasteiger partial charge is 0.305 e. The van der Waals surface area contributed by atoms with E-state index >= 15 is 0 Å². The second kappa shape index (κ2) is 5.43. The fourth-order valence-corrected chi connectivity index (χ4v) is 3.34. The topological polar surface area (TPSA) is 12.0 Å². The van der Waals surface area contributed by atoms with Gasteiger partial charge >= 0.3 is 0 Å². The number of hydrogen-bond acceptors (Lipinski definition) is 2. The molecule has 1 N–H and O–H groups in total. The molecule has 0 amide bonds. The fourth-order valence-electron chi connectivity index (χ4n) is 2.30. The highest BCUT2D eigenvalue weighted by Gasteiger charge is 2.31. The molecule has 2 aromatic rings. The molecule has 0 saturated heterocycles. The average Bonchev–Trinajstić information content (AvgIpc) is 3.14. The van der Waals surface area contributed by atoms with E-state index in [4.69, 9.17) is 11.6 Å². The molecule has 1 atom stereocenters. The van der Waals surface area contributed by atoms with Crippen molar-refractivity contribution in [2.45, 2.75) is 25.4 Å². The van der Waals surface area contributed by atoms with E-state index in [9.17, 15) is 0 Å². The lowest BCUT2D eigenvalue weighted by molar-refractivity contribution is 0.483. The molecule has 0 bridgehead atoms. The highest BCUT2D eigenvalue weighted by atomic mass is 35.5. The quantitative estimate of drug-likeness (QED) is 0.839. The predicted molar refractivity (Wildman–Crippen MR) is 78.1 cm³/mol. The predicted octanol–water partition coefficient (Wildman–Crippen LogP) is 4.64. The van der Waals surface area contributed by atoms with Crippen LogP contribution in [0.1, 0.15) is 29.3 Å². The molecule has 0 spiro atoms. The van der Waals surface area contributed by atoms with Crippen LogP contribution in [-0.2, 0) is 6.54 Å². The van der Waals surface area contributed by atoms with Gasteiger partial charge in [-0.05, 0) is 36.5 Å². The fraction of sp³-hybridized carbons (Fsp3) is 0.333. The van der Waals surface area contributed by atoms with Gasteiger partial charge in [-0.1, -0.05) is 41.9 Å². The Bertz CT molecular complexity index is 504. The highest BCUT2D eigenvalue weighted by molar-refractivity contribution is 7.16. The Balaban J connectivity index is 1.68. The van der Waals surface area contributed by atoms with Crippen LogP contribution < -0.4 is 5.32 Å². The first kappa shape index (κ1) is 12.2. The van der Waals surface area contributed by atoms with Crippen LogP contribution in [0.3, 0.4) is 0 Å². The van der Waals surface area contributed by atoms with Crippen molar-refractivity contribution in [2.24, 2.45) is 5.92 Å². The summed E-state index contributed by atoms with van der Waals surface area (Å²) < 4.78 is 0.870. The van der Waals surface area contributed by atoms with Gasteiger partial charge in [0.15, 0.2) is 0 Å². The van der Waals surface area contributed by atoms with Crippen LogP contribution in [0.15, 0.2) is 42.5 Å². The van der Waals surface area contributed by atoms with Crippen molar-refractivity contribution >= 4 is 22.9 Å². The lowest BCUT2D eigenvalue weighted by Gasteiger charge is -2.18. The maximum Gasteiger partial charge on any atom is 0.0931 e. The Kier molecular flexibility index (Phi) is 3.69. The van der Waals surface area contributed by atoms with E-state index in [1.807, 2.05) is 6.07 Å². The summed E-state index contributed by atoms with van der Waals surface area (Å²) in [7, 11) is 0. The number of thiophene rings is 1. The smallest absolute Gasteiger partial charge is 0.0931 e. The zero-order chi connectivity index (χ0) is 12.4. The van der Waals surface area contributed by atoms with Gasteiger partial charge in [-0.15, -0.1) is 11.3 Å². The van der Waals surface area contributed by atoms with Crippen LogP contribution in [0.2, 0.25) is 4.34 Å². The summed E-state index contributed by atoms with van der Waals surface area (Å²) >= 11 is 7.62. The Labute approximate surface area is 117 Å². The van der Waals surface area contributed by atoms with Crippen LogP contribution >= 0.6 is 22.9 Å². The Morgan fingerprint density at radius 1 is 1.17 bits per heavy atom. The third kappa shape index (κ3) is 2.94. The van der Waals surface area contributed by atoms with E-state index in [-0.39, 0.29) is 0 Å². The number of benzene rings is 1. The van der Waals surface area contributed by atoms with Crippen molar-refractivity contribution in [3.63, 3.8) is 0 Å². The molecule has 1 saturated carbocycles. The molecule has 1 nitrogen and oxygen atoms in total. The van der Waals surface area contributed by atoms with Crippen molar-refractivity contribution in [2.75, 3.05) is 0 Å². The maximum absolute atomic E-state index is 5.96. The molecule has 1 aromatic carbocycles. The van der Waals surface area contributed by atoms with Crippen molar-refractivity contribution < 1.29 is 0 Å². The third-order valence-corrected chi connectivity index (χ3v) is 4.61. The second-order valence-corrected chi connectivity index (χ2v) is 6.61. The first-order valence-electron chi connectivity index (χ1n) is 6.35. The van der Waals surface area contributed by atoms with E-state index in [0.717, 1.165) is 16.8 Å². The van der Waals surface area contributed by atoms with E-state index in [0.29, 0.717) is 6.04 Å². The number of hydrogen-bond donors (Lipinski definition) is 1. The van der Waals surface area contributed by atoms with E-state index in [1.165, 1.54) is 23.3 Å². The lowest BCUT2D eigenvalue weighted by atomic mass is 10.0. The SMILES string of the molecule is Clc1ccc(CNC(c2ccccc2)C2CC2)s1. The van der Waals surface area contributed by atoms with Crippen molar-refractivity contribution in [1.29, 1.82) is 0 Å². The zero-order valence-electron chi connectivity index (χ0n) is 10.1. The maximum atomic E-state index is 5.96. The Morgan fingerprint density at radius 2 is 1.94 bits per heavy atom. The highest BCUT2D eigenvalue weighted by Crippen LogP contribution is 2.41. The van der Waals surface area contributed by atoms with Gasteiger partial charge in [-0.25, -0.2) is 0 Å². The zero-order valence-corrected chi connectivity index (χ0v) is 11.7. The van der Waals surface area contributed by atoms with E-state index in [1.54, 1.807) is 11.3 Å². The summed E-state index contributed by atoms with van der Waals surface area (Å²) in [5, 5.41) is 3.68. The summed E-state index contributed by atoms with van der Waals surface area (Å²) in [5.74, 6) is 0.808. The molecular weight excluding hydrogens is 262 g/mol.